The molecule has 2 N–H and O–H groups in total. The Labute approximate surface area is 72.6 Å². The molecule has 0 spiro atoms. The smallest absolute Gasteiger partial charge is 0.0839 e. The molecule has 12 heavy (non-hydrogen) atoms. The second-order valence-corrected chi connectivity index (χ2v) is 4.21. The largest absolute Gasteiger partial charge is 0.389 e. The Morgan fingerprint density at radius 1 is 1.50 bits per heavy atom. The molecule has 0 aromatic carbocycles. The van der Waals surface area contributed by atoms with Crippen LogP contribution >= 0.6 is 0 Å². The van der Waals surface area contributed by atoms with Gasteiger partial charge in [0.1, 0.15) is 0 Å². The van der Waals surface area contributed by atoms with Gasteiger partial charge in [-0.1, -0.05) is 6.42 Å². The Kier molecular flexibility index (Phi) is 1.51. The van der Waals surface area contributed by atoms with E-state index in [1.165, 1.54) is 0 Å². The average molecular weight is 166 g/mol. The number of fused-ring (bicyclic) bond motifs is 1. The van der Waals surface area contributed by atoms with E-state index in [2.05, 4.69) is 5.92 Å². The van der Waals surface area contributed by atoms with Gasteiger partial charge in [-0.25, -0.2) is 0 Å². The molecular weight excluding hydrogens is 152 g/mol. The molecule has 3 unspecified atom stereocenters. The predicted molar refractivity (Wildman–Crippen MR) is 45.3 cm³/mol. The van der Waals surface area contributed by atoms with Crippen LogP contribution in [-0.4, -0.2) is 21.4 Å². The third-order valence-corrected chi connectivity index (χ3v) is 3.42. The van der Waals surface area contributed by atoms with E-state index in [1.54, 1.807) is 0 Å². The Balaban J connectivity index is 2.12. The molecule has 2 aliphatic carbocycles. The zero-order valence-corrected chi connectivity index (χ0v) is 7.08. The SMILES string of the molecule is C#CCC1(O)CC2(O)CCCC12. The van der Waals surface area contributed by atoms with Gasteiger partial charge in [-0.15, -0.1) is 12.3 Å². The summed E-state index contributed by atoms with van der Waals surface area (Å²) in [5.41, 5.74) is -1.33. The lowest BCUT2D eigenvalue weighted by molar-refractivity contribution is -0.219. The lowest BCUT2D eigenvalue weighted by Gasteiger charge is -2.53. The standard InChI is InChI=1S/C10H14O2/c1-2-5-9(11)7-10(12)6-3-4-8(9)10/h1,8,11-12H,3-7H2. The first-order valence-electron chi connectivity index (χ1n) is 4.49. The molecule has 0 radical (unpaired) electrons. The summed E-state index contributed by atoms with van der Waals surface area (Å²) in [6.45, 7) is 0. The molecule has 0 aromatic heterocycles. The highest BCUT2D eigenvalue weighted by molar-refractivity contribution is 5.18. The summed E-state index contributed by atoms with van der Waals surface area (Å²) < 4.78 is 0. The first-order chi connectivity index (χ1) is 5.61. The van der Waals surface area contributed by atoms with Crippen molar-refractivity contribution in [1.29, 1.82) is 0 Å². The van der Waals surface area contributed by atoms with E-state index in [-0.39, 0.29) is 5.92 Å². The molecule has 0 aromatic rings. The Morgan fingerprint density at radius 2 is 2.25 bits per heavy atom. The fourth-order valence-corrected chi connectivity index (χ4v) is 2.92. The maximum absolute atomic E-state index is 9.94. The van der Waals surface area contributed by atoms with Crippen LogP contribution in [-0.2, 0) is 0 Å². The van der Waals surface area contributed by atoms with Crippen molar-refractivity contribution in [3.8, 4) is 12.3 Å². The van der Waals surface area contributed by atoms with Crippen molar-refractivity contribution in [2.75, 3.05) is 0 Å². The topological polar surface area (TPSA) is 40.5 Å². The fourth-order valence-electron chi connectivity index (χ4n) is 2.92. The third-order valence-electron chi connectivity index (χ3n) is 3.42. The molecule has 2 fully saturated rings. The van der Waals surface area contributed by atoms with E-state index in [4.69, 9.17) is 6.42 Å². The van der Waals surface area contributed by atoms with Crippen LogP contribution in [0.5, 0.6) is 0 Å². The van der Waals surface area contributed by atoms with Crippen molar-refractivity contribution in [2.24, 2.45) is 5.92 Å². The van der Waals surface area contributed by atoms with Gasteiger partial charge in [-0.05, 0) is 12.8 Å². The van der Waals surface area contributed by atoms with Crippen molar-refractivity contribution in [2.45, 2.75) is 43.3 Å². The molecule has 2 rings (SSSR count). The minimum absolute atomic E-state index is 0.0426. The third kappa shape index (κ3) is 0.840. The van der Waals surface area contributed by atoms with Crippen LogP contribution in [0.3, 0.4) is 0 Å². The highest BCUT2D eigenvalue weighted by Gasteiger charge is 2.63. The predicted octanol–water partition coefficient (Wildman–Crippen LogP) is 0.676. The van der Waals surface area contributed by atoms with Crippen LogP contribution in [0.4, 0.5) is 0 Å². The van der Waals surface area contributed by atoms with E-state index < -0.39 is 11.2 Å². The maximum Gasteiger partial charge on any atom is 0.0839 e. The van der Waals surface area contributed by atoms with Gasteiger partial charge < -0.3 is 10.2 Å². The van der Waals surface area contributed by atoms with Crippen molar-refractivity contribution < 1.29 is 10.2 Å². The molecule has 0 aliphatic heterocycles. The van der Waals surface area contributed by atoms with E-state index in [0.717, 1.165) is 19.3 Å². The molecule has 2 nitrogen and oxygen atoms in total. The second kappa shape index (κ2) is 2.25. The van der Waals surface area contributed by atoms with Crippen LogP contribution in [0.1, 0.15) is 32.1 Å². The van der Waals surface area contributed by atoms with Gasteiger partial charge in [0.05, 0.1) is 11.2 Å². The molecule has 0 heterocycles. The molecular formula is C10H14O2. The summed E-state index contributed by atoms with van der Waals surface area (Å²) in [5.74, 6) is 2.52. The number of aliphatic hydroxyl groups is 2. The number of terminal acetylenes is 1. The molecule has 3 atom stereocenters. The summed E-state index contributed by atoms with van der Waals surface area (Å²) in [7, 11) is 0. The Bertz CT molecular complexity index is 243. The van der Waals surface area contributed by atoms with Crippen molar-refractivity contribution in [1.82, 2.24) is 0 Å². The van der Waals surface area contributed by atoms with Gasteiger partial charge in [0.15, 0.2) is 0 Å². The molecule has 66 valence electrons. The van der Waals surface area contributed by atoms with Crippen LogP contribution < -0.4 is 0 Å². The zero-order valence-electron chi connectivity index (χ0n) is 7.08. The van der Waals surface area contributed by atoms with Gasteiger partial charge in [0.25, 0.3) is 0 Å². The Morgan fingerprint density at radius 3 is 2.83 bits per heavy atom. The van der Waals surface area contributed by atoms with Gasteiger partial charge in [0, 0.05) is 18.8 Å². The van der Waals surface area contributed by atoms with Crippen molar-refractivity contribution in [3.05, 3.63) is 0 Å². The van der Waals surface area contributed by atoms with Crippen LogP contribution in [0.2, 0.25) is 0 Å². The highest BCUT2D eigenvalue weighted by atomic mass is 16.3. The fraction of sp³-hybridized carbons (Fsp3) is 0.800. The van der Waals surface area contributed by atoms with E-state index >= 15 is 0 Å². The van der Waals surface area contributed by atoms with Crippen molar-refractivity contribution in [3.63, 3.8) is 0 Å². The van der Waals surface area contributed by atoms with E-state index in [9.17, 15) is 10.2 Å². The van der Waals surface area contributed by atoms with Gasteiger partial charge in [-0.3, -0.25) is 0 Å². The number of rotatable bonds is 1. The normalized spacial score (nSPS) is 50.9. The molecule has 0 amide bonds. The lowest BCUT2D eigenvalue weighted by atomic mass is 9.58. The van der Waals surface area contributed by atoms with Gasteiger partial charge in [-0.2, -0.15) is 0 Å². The van der Waals surface area contributed by atoms with Gasteiger partial charge >= 0.3 is 0 Å². The van der Waals surface area contributed by atoms with E-state index in [1.807, 2.05) is 0 Å². The van der Waals surface area contributed by atoms with Crippen LogP contribution in [0.25, 0.3) is 0 Å². The minimum atomic E-state index is -0.750. The Hall–Kier alpha value is -0.520. The number of hydrogen-bond donors (Lipinski definition) is 2. The first-order valence-corrected chi connectivity index (χ1v) is 4.49. The summed E-state index contributed by atoms with van der Waals surface area (Å²) >= 11 is 0. The molecule has 2 heteroatoms. The maximum atomic E-state index is 9.94. The zero-order chi connectivity index (χ0) is 8.82. The number of hydrogen-bond acceptors (Lipinski definition) is 2. The minimum Gasteiger partial charge on any atom is -0.389 e. The summed E-state index contributed by atoms with van der Waals surface area (Å²) in [6.07, 6.45) is 8.81. The van der Waals surface area contributed by atoms with Crippen LogP contribution in [0.15, 0.2) is 0 Å². The lowest BCUT2D eigenvalue weighted by Crippen LogP contribution is -2.63. The van der Waals surface area contributed by atoms with E-state index in [0.29, 0.717) is 12.8 Å². The molecule has 2 aliphatic rings. The monoisotopic (exact) mass is 166 g/mol. The summed E-state index contributed by atoms with van der Waals surface area (Å²) in [6, 6.07) is 0. The summed E-state index contributed by atoms with van der Waals surface area (Å²) in [5, 5.41) is 19.8. The average Bonchev–Trinajstić information content (AvgIpc) is 2.27. The quantitative estimate of drug-likeness (QED) is 0.562. The molecule has 0 saturated heterocycles. The summed E-state index contributed by atoms with van der Waals surface area (Å²) in [4.78, 5) is 0. The first kappa shape index (κ1) is 8.10. The highest BCUT2D eigenvalue weighted by Crippen LogP contribution is 2.57. The second-order valence-electron chi connectivity index (χ2n) is 4.21. The van der Waals surface area contributed by atoms with Gasteiger partial charge in [0.2, 0.25) is 0 Å². The van der Waals surface area contributed by atoms with Crippen molar-refractivity contribution >= 4 is 0 Å². The molecule has 2 saturated carbocycles. The molecule has 0 bridgehead atoms. The van der Waals surface area contributed by atoms with Crippen LogP contribution in [0, 0.1) is 18.3 Å².